The molecule has 2 heterocycles. The van der Waals surface area contributed by atoms with Gasteiger partial charge in [-0.25, -0.2) is 4.79 Å². The molecule has 0 aromatic heterocycles. The first-order valence-electron chi connectivity index (χ1n) is 33.9. The number of nitrogens with one attached hydrogen (secondary N) is 5. The zero-order valence-corrected chi connectivity index (χ0v) is 60.0. The van der Waals surface area contributed by atoms with Crippen molar-refractivity contribution in [1.82, 2.24) is 50.7 Å². The molecule has 6 N–H and O–H groups in total. The number of carbonyl (C=O) groups is 13. The molecule has 13 amide bonds. The predicted octanol–water partition coefficient (Wildman–Crippen LogP) is 3.87. The fourth-order valence-corrected chi connectivity index (χ4v) is 12.2. The van der Waals surface area contributed by atoms with Gasteiger partial charge in [0.2, 0.25) is 53.7 Å². The molecule has 2 aliphatic heterocycles. The highest BCUT2D eigenvalue weighted by Crippen LogP contribution is 2.31. The summed E-state index contributed by atoms with van der Waals surface area (Å²) in [7, 11) is 6.05. The molecule has 11 atom stereocenters. The summed E-state index contributed by atoms with van der Waals surface area (Å²) >= 11 is 0. The fourth-order valence-electron chi connectivity index (χ4n) is 12.2. The monoisotopic (exact) mass is 1380 g/mol. The smallest absolute Gasteiger partial charge is 0.410 e. The molecule has 2 aromatic rings. The van der Waals surface area contributed by atoms with Crippen molar-refractivity contribution in [3.05, 3.63) is 90.0 Å². The van der Waals surface area contributed by atoms with E-state index < -0.39 is 144 Å². The summed E-state index contributed by atoms with van der Waals surface area (Å²) in [4.78, 5) is 180. The molecule has 4 rings (SSSR count). The van der Waals surface area contributed by atoms with Gasteiger partial charge >= 0.3 is 6.09 Å². The number of amides is 13. The Balaban J connectivity index is 1.31. The maximum Gasteiger partial charge on any atom is 0.410 e. The first-order valence-corrected chi connectivity index (χ1v) is 33.9. The number of imide groups is 2. The summed E-state index contributed by atoms with van der Waals surface area (Å²) in [5, 5.41) is 24.6. The van der Waals surface area contributed by atoms with E-state index in [9.17, 15) is 67.4 Å². The predicted molar refractivity (Wildman–Crippen MR) is 368 cm³/mol. The molecule has 2 aliphatic rings. The molecule has 28 heteroatoms. The van der Waals surface area contributed by atoms with Crippen molar-refractivity contribution in [2.24, 2.45) is 29.6 Å². The van der Waals surface area contributed by atoms with E-state index in [1.807, 2.05) is 32.0 Å². The van der Waals surface area contributed by atoms with Crippen LogP contribution in [0.3, 0.4) is 0 Å². The number of likely N-dealkylation sites (N-methyl/N-ethyl adjacent to an activating group) is 2. The highest BCUT2D eigenvalue weighted by Gasteiger charge is 2.44. The van der Waals surface area contributed by atoms with Crippen LogP contribution >= 0.6 is 0 Å². The molecule has 0 saturated carbocycles. The number of benzene rings is 2. The Morgan fingerprint density at radius 2 is 1.36 bits per heavy atom. The van der Waals surface area contributed by atoms with E-state index in [-0.39, 0.29) is 69.8 Å². The molecular formula is C71H105N11O17. The second kappa shape index (κ2) is 40.2. The molecule has 10 unspecified atom stereocenters. The Morgan fingerprint density at radius 1 is 0.727 bits per heavy atom. The minimum atomic E-state index is -1.12. The van der Waals surface area contributed by atoms with Crippen LogP contribution in [0.2, 0.25) is 0 Å². The minimum Gasteiger partial charge on any atom is -0.445 e. The Morgan fingerprint density at radius 3 is 1.93 bits per heavy atom. The van der Waals surface area contributed by atoms with Crippen molar-refractivity contribution in [2.75, 3.05) is 72.9 Å². The van der Waals surface area contributed by atoms with Crippen molar-refractivity contribution in [3.8, 4) is 0 Å². The lowest BCUT2D eigenvalue weighted by Gasteiger charge is -2.41. The first-order chi connectivity index (χ1) is 46.8. The van der Waals surface area contributed by atoms with Gasteiger partial charge in [0.1, 0.15) is 24.7 Å². The third-order valence-corrected chi connectivity index (χ3v) is 18.1. The maximum absolute atomic E-state index is 14.8. The van der Waals surface area contributed by atoms with Crippen molar-refractivity contribution < 1.29 is 81.6 Å². The van der Waals surface area contributed by atoms with Gasteiger partial charge in [-0.15, -0.1) is 0 Å². The average molecular weight is 1380 g/mol. The largest absolute Gasteiger partial charge is 0.445 e. The molecule has 0 spiro atoms. The minimum absolute atomic E-state index is 0.0975. The van der Waals surface area contributed by atoms with Crippen LogP contribution in [0, 0.1) is 29.6 Å². The molecule has 99 heavy (non-hydrogen) atoms. The van der Waals surface area contributed by atoms with E-state index in [0.717, 1.165) is 26.9 Å². The van der Waals surface area contributed by atoms with Gasteiger partial charge in [0, 0.05) is 91.7 Å². The molecular weight excluding hydrogens is 1280 g/mol. The molecule has 0 aliphatic carbocycles. The van der Waals surface area contributed by atoms with Crippen LogP contribution in [-0.4, -0.2) is 228 Å². The molecule has 546 valence electrons. The Kier molecular flexibility index (Phi) is 33.6. The number of carbonyl (C=O) groups excluding carboxylic acids is 13. The number of aliphatic hydroxyl groups is 1. The maximum atomic E-state index is 14.8. The van der Waals surface area contributed by atoms with Crippen molar-refractivity contribution in [1.29, 1.82) is 0 Å². The van der Waals surface area contributed by atoms with Gasteiger partial charge in [-0.2, -0.15) is 0 Å². The highest BCUT2D eigenvalue weighted by molar-refractivity contribution is 6.13. The lowest BCUT2D eigenvalue weighted by molar-refractivity contribution is -0.148. The molecule has 2 aromatic carbocycles. The van der Waals surface area contributed by atoms with Crippen LogP contribution < -0.4 is 26.6 Å². The van der Waals surface area contributed by atoms with Crippen molar-refractivity contribution >= 4 is 83.2 Å². The third kappa shape index (κ3) is 23.9. The topological polar surface area (TPSA) is 349 Å². The Bertz CT molecular complexity index is 3140. The number of methoxy groups -OCH3 is 2. The zero-order valence-electron chi connectivity index (χ0n) is 60.0. The van der Waals surface area contributed by atoms with E-state index in [2.05, 4.69) is 26.6 Å². The highest BCUT2D eigenvalue weighted by atomic mass is 16.6. The number of aliphatic hydroxyl groups excluding tert-OH is 1. The van der Waals surface area contributed by atoms with Gasteiger partial charge in [0.05, 0.1) is 55.3 Å². The van der Waals surface area contributed by atoms with Crippen LogP contribution in [0.25, 0.3) is 0 Å². The summed E-state index contributed by atoms with van der Waals surface area (Å²) in [5.74, 6) is -8.14. The van der Waals surface area contributed by atoms with E-state index >= 15 is 0 Å². The Labute approximate surface area is 581 Å². The lowest BCUT2D eigenvalue weighted by atomic mass is 9.89. The van der Waals surface area contributed by atoms with Crippen LogP contribution in [0.15, 0.2) is 78.9 Å². The SMILES string of the molecule is C/C=C\C(=O)N(C=O)CCN(CCN1C(=O)C=CC1=O)C(=O)CCC(=O)NC(C(=O)NCC(=O)Nc1ccc(COC(=O)N(C)C(C(=O)N[C@H](C(=O)N(C)C(C(C)CC)C(CC(=O)N2CCCC2C(OC)C(C)C(=O)NC(C)C(O)c2ccccc2)OC)C(C)C)C(C)C)cc1)C(C)C. The molecule has 1 saturated heterocycles. The summed E-state index contributed by atoms with van der Waals surface area (Å²) in [6, 6.07) is 10.4. The molecule has 28 nitrogen and oxygen atoms in total. The van der Waals surface area contributed by atoms with Gasteiger partial charge in [-0.05, 0) is 79.7 Å². The number of rotatable bonds is 39. The number of anilines is 1. The summed E-state index contributed by atoms with van der Waals surface area (Å²) in [5.41, 5.74) is 1.52. The number of hydrogen-bond donors (Lipinski definition) is 6. The van der Waals surface area contributed by atoms with Gasteiger partial charge < -0.3 is 60.6 Å². The van der Waals surface area contributed by atoms with E-state index in [1.54, 1.807) is 116 Å². The van der Waals surface area contributed by atoms with Crippen LogP contribution in [0.1, 0.15) is 132 Å². The zero-order chi connectivity index (χ0) is 74.0. The van der Waals surface area contributed by atoms with E-state index in [1.165, 1.54) is 38.3 Å². The number of nitrogens with zero attached hydrogens (tertiary/aromatic N) is 6. The fraction of sp³-hybridized carbons (Fsp3) is 0.592. The van der Waals surface area contributed by atoms with Gasteiger partial charge in [-0.3, -0.25) is 72.2 Å². The van der Waals surface area contributed by atoms with Crippen LogP contribution in [-0.2, 0) is 78.4 Å². The van der Waals surface area contributed by atoms with Gasteiger partial charge in [-0.1, -0.05) is 117 Å². The second-order valence-corrected chi connectivity index (χ2v) is 26.3. The molecule has 1 fully saturated rings. The van der Waals surface area contributed by atoms with Crippen molar-refractivity contribution in [2.45, 2.75) is 176 Å². The summed E-state index contributed by atoms with van der Waals surface area (Å²) < 4.78 is 17.7. The summed E-state index contributed by atoms with van der Waals surface area (Å²) in [6.07, 6.45) is 2.89. The first kappa shape index (κ1) is 82.5. The Hall–Kier alpha value is -8.89. The van der Waals surface area contributed by atoms with E-state index in [0.29, 0.717) is 49.0 Å². The van der Waals surface area contributed by atoms with Crippen molar-refractivity contribution in [3.63, 3.8) is 0 Å². The van der Waals surface area contributed by atoms with Crippen LogP contribution in [0.5, 0.6) is 0 Å². The number of allylic oxidation sites excluding steroid dienone is 1. The summed E-state index contributed by atoms with van der Waals surface area (Å²) in [6.45, 7) is 18.4. The number of likely N-dealkylation sites (tertiary alicyclic amines) is 1. The third-order valence-electron chi connectivity index (χ3n) is 18.1. The average Bonchev–Trinajstić information content (AvgIpc) is 1.80. The van der Waals surface area contributed by atoms with Gasteiger partial charge in [0.15, 0.2) is 0 Å². The van der Waals surface area contributed by atoms with Crippen LogP contribution in [0.4, 0.5) is 10.5 Å². The van der Waals surface area contributed by atoms with E-state index in [4.69, 9.17) is 14.2 Å². The molecule has 0 radical (unpaired) electrons. The lowest BCUT2D eigenvalue weighted by Crippen LogP contribution is -2.60. The number of ether oxygens (including phenoxy) is 3. The standard InChI is InChI=1S/C71H105N11O17/c1-16-22-56(86)80(42-83)36-35-79(37-38-82-58(88)32-33-59(82)89)57(87)31-30-54(84)75-61(43(3)4)68(93)72-40-55(85)74-51-28-26-49(27-29-51)41-99-71(96)78(13)63(45(7)8)69(94)76-62(44(5)6)70(95)77(12)64(46(9)17-2)53(97-14)39-60(90)81-34-21-25-52(81)66(98-15)47(10)67(92)73-48(11)65(91)50-23-19-18-20-24-50/h16,18-20,22-24,26-29,32-33,42-48,52-53,61-66,91H,17,21,25,30-31,34-41H2,1-15H3,(H,72,93)(H,73,92)(H,74,85)(H,75,84)(H,76,94)/b22-16-/t46?,47?,48?,52?,53?,61?,62-,63?,64?,65?,66?/m0/s1. The second-order valence-electron chi connectivity index (χ2n) is 26.3. The normalized spacial score (nSPS) is 16.8. The number of hydrogen-bond acceptors (Lipinski definition) is 17. The molecule has 0 bridgehead atoms. The quantitative estimate of drug-likeness (QED) is 0.0314. The van der Waals surface area contributed by atoms with Gasteiger partial charge in [0.25, 0.3) is 17.7 Å².